The fourth-order valence-electron chi connectivity index (χ4n) is 5.97. The summed E-state index contributed by atoms with van der Waals surface area (Å²) in [5, 5.41) is 1.32. The number of hydrogen-bond donors (Lipinski definition) is 0. The molecule has 0 aliphatic heterocycles. The second-order valence-electron chi connectivity index (χ2n) is 7.58. The molecule has 0 unspecified atom stereocenters. The van der Waals surface area contributed by atoms with E-state index in [1.807, 2.05) is 6.20 Å². The molecule has 4 bridgehead atoms. The molecule has 4 fully saturated rings. The lowest BCUT2D eigenvalue weighted by atomic mass is 9.48. The van der Waals surface area contributed by atoms with Crippen LogP contribution >= 0.6 is 0 Å². The van der Waals surface area contributed by atoms with Crippen molar-refractivity contribution in [1.29, 1.82) is 0 Å². The van der Waals surface area contributed by atoms with Crippen molar-refractivity contribution in [3.63, 3.8) is 0 Å². The van der Waals surface area contributed by atoms with Crippen LogP contribution in [0, 0.1) is 17.8 Å². The van der Waals surface area contributed by atoms with Crippen molar-refractivity contribution in [2.24, 2.45) is 17.8 Å². The molecule has 0 radical (unpaired) electrons. The fourth-order valence-corrected chi connectivity index (χ4v) is 5.97. The second-order valence-corrected chi connectivity index (χ2v) is 7.58. The number of aromatic nitrogens is 1. The van der Waals surface area contributed by atoms with Gasteiger partial charge in [-0.3, -0.25) is 4.98 Å². The molecule has 1 heterocycles. The highest BCUT2D eigenvalue weighted by Gasteiger charge is 2.52. The molecule has 102 valence electrons. The maximum absolute atomic E-state index is 4.74. The SMILES string of the molecule is c1cnc2c(C34CC5CC(CC(C5)C3)C4)cccc2c1. The molecule has 4 saturated carbocycles. The first-order valence-electron chi connectivity index (χ1n) is 8.17. The number of hydrogen-bond acceptors (Lipinski definition) is 1. The molecule has 1 aromatic carbocycles. The first-order chi connectivity index (χ1) is 9.82. The largest absolute Gasteiger partial charge is 0.256 e. The van der Waals surface area contributed by atoms with E-state index in [4.69, 9.17) is 4.98 Å². The van der Waals surface area contributed by atoms with Crippen molar-refractivity contribution in [2.75, 3.05) is 0 Å². The van der Waals surface area contributed by atoms with Crippen molar-refractivity contribution in [2.45, 2.75) is 43.9 Å². The summed E-state index contributed by atoms with van der Waals surface area (Å²) in [6.45, 7) is 0. The minimum atomic E-state index is 0.461. The number of rotatable bonds is 1. The molecule has 4 aliphatic rings. The number of benzene rings is 1. The van der Waals surface area contributed by atoms with Crippen LogP contribution in [0.15, 0.2) is 36.5 Å². The van der Waals surface area contributed by atoms with Gasteiger partial charge in [0.1, 0.15) is 0 Å². The average molecular weight is 263 g/mol. The highest BCUT2D eigenvalue weighted by Crippen LogP contribution is 2.61. The van der Waals surface area contributed by atoms with Gasteiger partial charge < -0.3 is 0 Å². The summed E-state index contributed by atoms with van der Waals surface area (Å²) >= 11 is 0. The summed E-state index contributed by atoms with van der Waals surface area (Å²) in [4.78, 5) is 4.74. The van der Waals surface area contributed by atoms with Crippen molar-refractivity contribution in [1.82, 2.24) is 4.98 Å². The van der Waals surface area contributed by atoms with Gasteiger partial charge in [-0.1, -0.05) is 24.3 Å². The van der Waals surface area contributed by atoms with E-state index in [1.54, 1.807) is 5.56 Å². The zero-order chi connectivity index (χ0) is 13.2. The van der Waals surface area contributed by atoms with Crippen LogP contribution in [-0.4, -0.2) is 4.98 Å². The Labute approximate surface area is 120 Å². The molecule has 1 aromatic heterocycles. The monoisotopic (exact) mass is 263 g/mol. The fraction of sp³-hybridized carbons (Fsp3) is 0.526. The predicted molar refractivity (Wildman–Crippen MR) is 81.6 cm³/mol. The van der Waals surface area contributed by atoms with Crippen molar-refractivity contribution in [3.05, 3.63) is 42.1 Å². The number of fused-ring (bicyclic) bond motifs is 1. The van der Waals surface area contributed by atoms with Crippen LogP contribution in [0.2, 0.25) is 0 Å². The Balaban J connectivity index is 1.71. The maximum atomic E-state index is 4.74. The Hall–Kier alpha value is -1.37. The molecule has 1 nitrogen and oxygen atoms in total. The van der Waals surface area contributed by atoms with Gasteiger partial charge in [0.2, 0.25) is 0 Å². The van der Waals surface area contributed by atoms with E-state index < -0.39 is 0 Å². The molecule has 4 aliphatic carbocycles. The van der Waals surface area contributed by atoms with Gasteiger partial charge in [0.05, 0.1) is 5.52 Å². The molecule has 0 amide bonds. The normalized spacial score (nSPS) is 38.5. The molecular formula is C19H21N. The summed E-state index contributed by atoms with van der Waals surface area (Å²) in [7, 11) is 0. The Morgan fingerprint density at radius 3 is 2.20 bits per heavy atom. The topological polar surface area (TPSA) is 12.9 Å². The van der Waals surface area contributed by atoms with E-state index >= 15 is 0 Å². The quantitative estimate of drug-likeness (QED) is 0.726. The van der Waals surface area contributed by atoms with Gasteiger partial charge in [-0.25, -0.2) is 0 Å². The Morgan fingerprint density at radius 2 is 1.50 bits per heavy atom. The van der Waals surface area contributed by atoms with E-state index in [0.29, 0.717) is 5.41 Å². The van der Waals surface area contributed by atoms with Crippen LogP contribution in [0.1, 0.15) is 44.1 Å². The smallest absolute Gasteiger partial charge is 0.0739 e. The van der Waals surface area contributed by atoms with E-state index in [0.717, 1.165) is 17.8 Å². The summed E-state index contributed by atoms with van der Waals surface area (Å²) < 4.78 is 0. The van der Waals surface area contributed by atoms with E-state index in [9.17, 15) is 0 Å². The van der Waals surface area contributed by atoms with Gasteiger partial charge in [-0.2, -0.15) is 0 Å². The van der Waals surface area contributed by atoms with Gasteiger partial charge in [0, 0.05) is 11.6 Å². The first-order valence-corrected chi connectivity index (χ1v) is 8.17. The summed E-state index contributed by atoms with van der Waals surface area (Å²) in [5.74, 6) is 3.00. The summed E-state index contributed by atoms with van der Waals surface area (Å²) in [5.41, 5.74) is 3.30. The predicted octanol–water partition coefficient (Wildman–Crippen LogP) is 4.70. The van der Waals surface area contributed by atoms with E-state index in [2.05, 4.69) is 30.3 Å². The lowest BCUT2D eigenvalue weighted by Crippen LogP contribution is -2.48. The van der Waals surface area contributed by atoms with Gasteiger partial charge in [-0.05, 0) is 73.3 Å². The number of pyridine rings is 1. The zero-order valence-electron chi connectivity index (χ0n) is 11.9. The number of nitrogens with zero attached hydrogens (tertiary/aromatic N) is 1. The molecular weight excluding hydrogens is 242 g/mol. The molecule has 6 rings (SSSR count). The molecule has 20 heavy (non-hydrogen) atoms. The van der Waals surface area contributed by atoms with Crippen molar-refractivity contribution >= 4 is 10.9 Å². The third-order valence-electron chi connectivity index (χ3n) is 6.24. The lowest BCUT2D eigenvalue weighted by Gasteiger charge is -2.57. The standard InChI is InChI=1S/C19H21N/c1-3-16-4-2-6-20-18(16)17(5-1)19-10-13-7-14(11-19)9-15(8-13)12-19/h1-6,13-15H,7-12H2. The van der Waals surface area contributed by atoms with Crippen LogP contribution in [0.4, 0.5) is 0 Å². The molecule has 1 heteroatoms. The maximum Gasteiger partial charge on any atom is 0.0739 e. The van der Waals surface area contributed by atoms with Gasteiger partial charge >= 0.3 is 0 Å². The summed E-state index contributed by atoms with van der Waals surface area (Å²) in [6.07, 6.45) is 10.8. The van der Waals surface area contributed by atoms with E-state index in [1.165, 1.54) is 49.4 Å². The van der Waals surface area contributed by atoms with Crippen LogP contribution in [0.3, 0.4) is 0 Å². The highest BCUT2D eigenvalue weighted by molar-refractivity contribution is 5.82. The molecule has 0 atom stereocenters. The van der Waals surface area contributed by atoms with Crippen molar-refractivity contribution in [3.8, 4) is 0 Å². The summed E-state index contributed by atoms with van der Waals surface area (Å²) in [6, 6.07) is 11.1. The molecule has 2 aromatic rings. The highest BCUT2D eigenvalue weighted by atomic mass is 14.7. The second kappa shape index (κ2) is 3.84. The minimum Gasteiger partial charge on any atom is -0.256 e. The van der Waals surface area contributed by atoms with Gasteiger partial charge in [0.15, 0.2) is 0 Å². The van der Waals surface area contributed by atoms with Gasteiger partial charge in [0.25, 0.3) is 0 Å². The Morgan fingerprint density at radius 1 is 0.850 bits per heavy atom. The van der Waals surface area contributed by atoms with Crippen molar-refractivity contribution < 1.29 is 0 Å². The van der Waals surface area contributed by atoms with Crippen LogP contribution in [0.25, 0.3) is 10.9 Å². The van der Waals surface area contributed by atoms with Gasteiger partial charge in [-0.15, -0.1) is 0 Å². The Bertz CT molecular complexity index is 632. The van der Waals surface area contributed by atoms with Crippen LogP contribution in [0.5, 0.6) is 0 Å². The lowest BCUT2D eigenvalue weighted by molar-refractivity contribution is -0.00457. The van der Waals surface area contributed by atoms with Crippen LogP contribution < -0.4 is 0 Å². The molecule has 0 N–H and O–H groups in total. The third-order valence-corrected chi connectivity index (χ3v) is 6.24. The average Bonchev–Trinajstić information content (AvgIpc) is 2.45. The molecule has 0 spiro atoms. The number of para-hydroxylation sites is 1. The van der Waals surface area contributed by atoms with E-state index in [-0.39, 0.29) is 0 Å². The molecule has 0 saturated heterocycles. The zero-order valence-corrected chi connectivity index (χ0v) is 11.9. The first kappa shape index (κ1) is 11.3. The van der Waals surface area contributed by atoms with Crippen LogP contribution in [-0.2, 0) is 5.41 Å². The minimum absolute atomic E-state index is 0.461. The Kier molecular flexibility index (Phi) is 2.17. The third kappa shape index (κ3) is 1.47.